The lowest BCUT2D eigenvalue weighted by molar-refractivity contribution is -0.132. The molecular weight excluding hydrogens is 288 g/mol. The molecule has 3 rings (SSSR count). The molecule has 0 aliphatic carbocycles. The van der Waals surface area contributed by atoms with E-state index in [1.807, 2.05) is 29.2 Å². The van der Waals surface area contributed by atoms with Crippen LogP contribution in [0.15, 0.2) is 24.3 Å². The van der Waals surface area contributed by atoms with Crippen molar-refractivity contribution >= 4 is 24.0 Å². The average molecular weight is 311 g/mol. The number of methoxy groups -OCH3 is 1. The Hall–Kier alpha value is -1.26. The minimum atomic E-state index is -0.148. The quantitative estimate of drug-likeness (QED) is 0.913. The predicted octanol–water partition coefficient (Wildman–Crippen LogP) is 2.61. The van der Waals surface area contributed by atoms with E-state index in [9.17, 15) is 4.79 Å². The number of piperidine rings is 2. The van der Waals surface area contributed by atoms with Gasteiger partial charge in [-0.15, -0.1) is 12.4 Å². The number of rotatable bonds is 2. The molecule has 2 aliphatic rings. The fourth-order valence-electron chi connectivity index (χ4n) is 3.52. The molecule has 2 heterocycles. The molecule has 0 aromatic heterocycles. The topological polar surface area (TPSA) is 41.6 Å². The maximum absolute atomic E-state index is 13.0. The van der Waals surface area contributed by atoms with Crippen LogP contribution in [0, 0.1) is 5.41 Å². The molecular formula is C16H23ClN2O2. The van der Waals surface area contributed by atoms with E-state index in [4.69, 9.17) is 4.74 Å². The van der Waals surface area contributed by atoms with E-state index in [0.29, 0.717) is 0 Å². The van der Waals surface area contributed by atoms with Crippen molar-refractivity contribution in [1.82, 2.24) is 5.32 Å². The van der Waals surface area contributed by atoms with Gasteiger partial charge in [0.1, 0.15) is 5.75 Å². The lowest BCUT2D eigenvalue weighted by Crippen LogP contribution is -2.53. The molecule has 0 atom stereocenters. The highest BCUT2D eigenvalue weighted by Gasteiger charge is 2.45. The Bertz CT molecular complexity index is 495. The third kappa shape index (κ3) is 2.87. The number of benzene rings is 1. The molecule has 0 saturated carbocycles. The summed E-state index contributed by atoms with van der Waals surface area (Å²) in [6, 6.07) is 7.81. The van der Waals surface area contributed by atoms with Gasteiger partial charge in [0, 0.05) is 6.54 Å². The molecule has 2 saturated heterocycles. The van der Waals surface area contributed by atoms with Gasteiger partial charge < -0.3 is 15.0 Å². The van der Waals surface area contributed by atoms with Crippen molar-refractivity contribution < 1.29 is 9.53 Å². The predicted molar refractivity (Wildman–Crippen MR) is 86.4 cm³/mol. The van der Waals surface area contributed by atoms with Crippen LogP contribution in [0.5, 0.6) is 5.75 Å². The number of halogens is 1. The van der Waals surface area contributed by atoms with Crippen LogP contribution in [0.3, 0.4) is 0 Å². The number of nitrogens with one attached hydrogen (secondary N) is 1. The molecule has 116 valence electrons. The Morgan fingerprint density at radius 1 is 1.19 bits per heavy atom. The summed E-state index contributed by atoms with van der Waals surface area (Å²) in [7, 11) is 1.66. The lowest BCUT2D eigenvalue weighted by Gasteiger charge is -2.44. The SMILES string of the molecule is COc1ccccc1N1CCCC2(CCNCC2)C1=O.Cl. The van der Waals surface area contributed by atoms with Crippen LogP contribution in [0.4, 0.5) is 5.69 Å². The third-order valence-electron chi connectivity index (χ3n) is 4.67. The molecule has 0 radical (unpaired) electrons. The van der Waals surface area contributed by atoms with Crippen molar-refractivity contribution in [2.75, 3.05) is 31.6 Å². The first kappa shape index (κ1) is 16.1. The lowest BCUT2D eigenvalue weighted by atomic mass is 9.72. The van der Waals surface area contributed by atoms with E-state index in [-0.39, 0.29) is 23.7 Å². The van der Waals surface area contributed by atoms with Crippen LogP contribution in [0.1, 0.15) is 25.7 Å². The molecule has 5 heteroatoms. The van der Waals surface area contributed by atoms with E-state index in [0.717, 1.165) is 56.8 Å². The van der Waals surface area contributed by atoms with E-state index in [2.05, 4.69) is 5.32 Å². The third-order valence-corrected chi connectivity index (χ3v) is 4.67. The Kier molecular flexibility index (Phi) is 5.12. The smallest absolute Gasteiger partial charge is 0.233 e. The summed E-state index contributed by atoms with van der Waals surface area (Å²) in [5.74, 6) is 1.07. The van der Waals surface area contributed by atoms with Gasteiger partial charge in [-0.25, -0.2) is 0 Å². The van der Waals surface area contributed by atoms with Gasteiger partial charge >= 0.3 is 0 Å². The second-order valence-corrected chi connectivity index (χ2v) is 5.76. The number of nitrogens with zero attached hydrogens (tertiary/aromatic N) is 1. The second kappa shape index (κ2) is 6.67. The van der Waals surface area contributed by atoms with E-state index < -0.39 is 0 Å². The monoisotopic (exact) mass is 310 g/mol. The number of anilines is 1. The van der Waals surface area contributed by atoms with Gasteiger partial charge in [0.15, 0.2) is 0 Å². The summed E-state index contributed by atoms with van der Waals surface area (Å²) in [6.45, 7) is 2.70. The van der Waals surface area contributed by atoms with Gasteiger partial charge in [-0.05, 0) is 50.9 Å². The number of amides is 1. The van der Waals surface area contributed by atoms with Crippen molar-refractivity contribution in [3.8, 4) is 5.75 Å². The number of ether oxygens (including phenoxy) is 1. The molecule has 4 nitrogen and oxygen atoms in total. The molecule has 1 N–H and O–H groups in total. The maximum atomic E-state index is 13.0. The van der Waals surface area contributed by atoms with Crippen LogP contribution in [0.25, 0.3) is 0 Å². The summed E-state index contributed by atoms with van der Waals surface area (Å²) in [5.41, 5.74) is 0.766. The zero-order valence-electron chi connectivity index (χ0n) is 12.4. The highest BCUT2D eigenvalue weighted by atomic mass is 35.5. The molecule has 1 spiro atoms. The zero-order chi connectivity index (χ0) is 14.0. The normalized spacial score (nSPS) is 21.0. The minimum Gasteiger partial charge on any atom is -0.495 e. The average Bonchev–Trinajstić information content (AvgIpc) is 2.51. The number of carbonyl (C=O) groups excluding carboxylic acids is 1. The molecule has 1 aromatic rings. The van der Waals surface area contributed by atoms with Gasteiger partial charge in [-0.1, -0.05) is 12.1 Å². The molecule has 21 heavy (non-hydrogen) atoms. The Balaban J connectivity index is 0.00000161. The number of carbonyl (C=O) groups is 1. The van der Waals surface area contributed by atoms with Gasteiger partial charge in [0.25, 0.3) is 0 Å². The largest absolute Gasteiger partial charge is 0.495 e. The van der Waals surface area contributed by atoms with Crippen molar-refractivity contribution in [2.24, 2.45) is 5.41 Å². The zero-order valence-corrected chi connectivity index (χ0v) is 13.2. The van der Waals surface area contributed by atoms with Crippen LogP contribution in [-0.4, -0.2) is 32.7 Å². The van der Waals surface area contributed by atoms with Gasteiger partial charge in [0.05, 0.1) is 18.2 Å². The Morgan fingerprint density at radius 3 is 2.62 bits per heavy atom. The van der Waals surface area contributed by atoms with E-state index in [1.165, 1.54) is 0 Å². The fraction of sp³-hybridized carbons (Fsp3) is 0.562. The first-order chi connectivity index (χ1) is 9.77. The summed E-state index contributed by atoms with van der Waals surface area (Å²) >= 11 is 0. The molecule has 1 amide bonds. The number of para-hydroxylation sites is 2. The molecule has 1 aromatic carbocycles. The van der Waals surface area contributed by atoms with Crippen molar-refractivity contribution in [1.29, 1.82) is 0 Å². The summed E-state index contributed by atoms with van der Waals surface area (Å²) in [5, 5.41) is 3.36. The standard InChI is InChI=1S/C16H22N2O2.ClH/c1-20-14-6-3-2-5-13(14)18-12-4-7-16(15(18)19)8-10-17-11-9-16;/h2-3,5-6,17H,4,7-12H2,1H3;1H. The Labute approximate surface area is 132 Å². The van der Waals surface area contributed by atoms with Crippen LogP contribution in [0.2, 0.25) is 0 Å². The number of hydrogen-bond donors (Lipinski definition) is 1. The number of hydrogen-bond acceptors (Lipinski definition) is 3. The minimum absolute atomic E-state index is 0. The molecule has 2 aliphatic heterocycles. The molecule has 0 bridgehead atoms. The van der Waals surface area contributed by atoms with Crippen molar-refractivity contribution in [3.05, 3.63) is 24.3 Å². The Morgan fingerprint density at radius 2 is 1.90 bits per heavy atom. The molecule has 2 fully saturated rings. The summed E-state index contributed by atoms with van der Waals surface area (Å²) < 4.78 is 5.42. The van der Waals surface area contributed by atoms with Gasteiger partial charge in [-0.2, -0.15) is 0 Å². The van der Waals surface area contributed by atoms with Crippen molar-refractivity contribution in [2.45, 2.75) is 25.7 Å². The van der Waals surface area contributed by atoms with E-state index in [1.54, 1.807) is 7.11 Å². The first-order valence-electron chi connectivity index (χ1n) is 7.43. The summed E-state index contributed by atoms with van der Waals surface area (Å²) in [4.78, 5) is 15.0. The molecule has 0 unspecified atom stereocenters. The van der Waals surface area contributed by atoms with Gasteiger partial charge in [-0.3, -0.25) is 4.79 Å². The van der Waals surface area contributed by atoms with Crippen LogP contribution >= 0.6 is 12.4 Å². The summed E-state index contributed by atoms with van der Waals surface area (Å²) in [6.07, 6.45) is 4.01. The fourth-order valence-corrected chi connectivity index (χ4v) is 3.52. The highest BCUT2D eigenvalue weighted by molar-refractivity contribution is 5.99. The van der Waals surface area contributed by atoms with Crippen LogP contribution in [-0.2, 0) is 4.79 Å². The van der Waals surface area contributed by atoms with Crippen molar-refractivity contribution in [3.63, 3.8) is 0 Å². The maximum Gasteiger partial charge on any atom is 0.233 e. The van der Waals surface area contributed by atoms with E-state index >= 15 is 0 Å². The van der Waals surface area contributed by atoms with Crippen LogP contribution < -0.4 is 15.0 Å². The van der Waals surface area contributed by atoms with Gasteiger partial charge in [0.2, 0.25) is 5.91 Å². The first-order valence-corrected chi connectivity index (χ1v) is 7.43. The highest BCUT2D eigenvalue weighted by Crippen LogP contribution is 2.42. The second-order valence-electron chi connectivity index (χ2n) is 5.76.